The lowest BCUT2D eigenvalue weighted by molar-refractivity contribution is 0.0255. The van der Waals surface area contributed by atoms with E-state index >= 15 is 0 Å². The molecule has 3 atom stereocenters. The Kier molecular flexibility index (Phi) is 3.88. The molecule has 0 aromatic heterocycles. The van der Waals surface area contributed by atoms with Crippen LogP contribution in [0.2, 0.25) is 0 Å². The van der Waals surface area contributed by atoms with Gasteiger partial charge in [0.2, 0.25) is 0 Å². The Hall–Kier alpha value is -0.120. The van der Waals surface area contributed by atoms with Crippen LogP contribution >= 0.6 is 0 Å². The van der Waals surface area contributed by atoms with Gasteiger partial charge in [0.25, 0.3) is 0 Å². The summed E-state index contributed by atoms with van der Waals surface area (Å²) in [6.07, 6.45) is 3.61. The van der Waals surface area contributed by atoms with Gasteiger partial charge >= 0.3 is 0 Å². The van der Waals surface area contributed by atoms with Crippen molar-refractivity contribution in [2.24, 2.45) is 11.3 Å². The second-order valence-electron chi connectivity index (χ2n) is 5.91. The third kappa shape index (κ3) is 2.58. The highest BCUT2D eigenvalue weighted by Crippen LogP contribution is 2.32. The first kappa shape index (κ1) is 12.3. The number of likely N-dealkylation sites (tertiary alicyclic amines) is 1. The molecule has 2 heterocycles. The van der Waals surface area contributed by atoms with Crippen LogP contribution in [0.5, 0.6) is 0 Å². The van der Waals surface area contributed by atoms with E-state index in [1.165, 1.54) is 19.4 Å². The van der Waals surface area contributed by atoms with Crippen molar-refractivity contribution in [3.05, 3.63) is 0 Å². The highest BCUT2D eigenvalue weighted by Gasteiger charge is 2.38. The Balaban J connectivity index is 1.92. The number of rotatable bonds is 3. The van der Waals surface area contributed by atoms with Crippen molar-refractivity contribution in [3.63, 3.8) is 0 Å². The minimum atomic E-state index is 0.0227. The zero-order chi connectivity index (χ0) is 11.6. The molecular formula is C13H25NO2. The van der Waals surface area contributed by atoms with Crippen LogP contribution in [-0.2, 0) is 4.74 Å². The quantitative estimate of drug-likeness (QED) is 0.793. The number of hydrogen-bond acceptors (Lipinski definition) is 3. The number of ether oxygens (including phenoxy) is 1. The van der Waals surface area contributed by atoms with Crippen molar-refractivity contribution in [2.45, 2.75) is 39.2 Å². The summed E-state index contributed by atoms with van der Waals surface area (Å²) < 4.78 is 5.46. The van der Waals surface area contributed by atoms with Gasteiger partial charge in [-0.1, -0.05) is 6.92 Å². The van der Waals surface area contributed by atoms with E-state index < -0.39 is 0 Å². The van der Waals surface area contributed by atoms with Gasteiger partial charge in [-0.25, -0.2) is 0 Å². The molecule has 0 aliphatic carbocycles. The monoisotopic (exact) mass is 227 g/mol. The van der Waals surface area contributed by atoms with Gasteiger partial charge in [-0.3, -0.25) is 4.90 Å². The molecule has 0 amide bonds. The van der Waals surface area contributed by atoms with E-state index in [4.69, 9.17) is 4.74 Å². The fourth-order valence-corrected chi connectivity index (χ4v) is 3.07. The summed E-state index contributed by atoms with van der Waals surface area (Å²) in [6.45, 7) is 8.68. The molecule has 3 heteroatoms. The van der Waals surface area contributed by atoms with Gasteiger partial charge in [0.1, 0.15) is 0 Å². The van der Waals surface area contributed by atoms with Gasteiger partial charge in [0.15, 0.2) is 0 Å². The molecule has 2 saturated heterocycles. The summed E-state index contributed by atoms with van der Waals surface area (Å²) in [7, 11) is 0. The maximum Gasteiger partial charge on any atom is 0.0557 e. The maximum atomic E-state index is 9.58. The first-order chi connectivity index (χ1) is 7.65. The molecule has 0 bridgehead atoms. The summed E-state index contributed by atoms with van der Waals surface area (Å²) in [5.41, 5.74) is 0.0227. The van der Waals surface area contributed by atoms with E-state index in [1.807, 2.05) is 0 Å². The van der Waals surface area contributed by atoms with E-state index in [0.717, 1.165) is 32.1 Å². The van der Waals surface area contributed by atoms with Crippen LogP contribution in [0.4, 0.5) is 0 Å². The zero-order valence-electron chi connectivity index (χ0n) is 10.6. The minimum absolute atomic E-state index is 0.0227. The Morgan fingerprint density at radius 1 is 1.44 bits per heavy atom. The molecule has 0 radical (unpaired) electrons. The van der Waals surface area contributed by atoms with Gasteiger partial charge in [0, 0.05) is 24.6 Å². The van der Waals surface area contributed by atoms with Gasteiger partial charge in [0.05, 0.1) is 13.2 Å². The van der Waals surface area contributed by atoms with Crippen molar-refractivity contribution in [1.29, 1.82) is 0 Å². The third-order valence-corrected chi connectivity index (χ3v) is 4.33. The van der Waals surface area contributed by atoms with E-state index in [0.29, 0.717) is 6.04 Å². The van der Waals surface area contributed by atoms with Crippen LogP contribution in [0.15, 0.2) is 0 Å². The van der Waals surface area contributed by atoms with Crippen molar-refractivity contribution in [3.8, 4) is 0 Å². The Morgan fingerprint density at radius 3 is 2.81 bits per heavy atom. The average molecular weight is 227 g/mol. The Morgan fingerprint density at radius 2 is 2.25 bits per heavy atom. The molecule has 2 aliphatic rings. The van der Waals surface area contributed by atoms with E-state index in [9.17, 15) is 5.11 Å². The molecule has 3 unspecified atom stereocenters. The lowest BCUT2D eigenvalue weighted by Gasteiger charge is -2.41. The highest BCUT2D eigenvalue weighted by molar-refractivity contribution is 4.89. The van der Waals surface area contributed by atoms with E-state index in [1.54, 1.807) is 0 Å². The third-order valence-electron chi connectivity index (χ3n) is 4.33. The molecule has 2 aliphatic heterocycles. The first-order valence-electron chi connectivity index (χ1n) is 6.58. The topological polar surface area (TPSA) is 32.7 Å². The first-order valence-corrected chi connectivity index (χ1v) is 6.58. The largest absolute Gasteiger partial charge is 0.396 e. The SMILES string of the molecule is CC1CCN(CC2(CO)CCOC2)C(C)C1. The average Bonchev–Trinajstić information content (AvgIpc) is 2.72. The normalized spacial score (nSPS) is 41.4. The van der Waals surface area contributed by atoms with Crippen molar-refractivity contribution >= 4 is 0 Å². The summed E-state index contributed by atoms with van der Waals surface area (Å²) in [5.74, 6) is 0.858. The molecule has 0 aromatic carbocycles. The van der Waals surface area contributed by atoms with Gasteiger partial charge in [-0.2, -0.15) is 0 Å². The molecule has 0 spiro atoms. The lowest BCUT2D eigenvalue weighted by atomic mass is 9.85. The molecule has 0 aromatic rings. The van der Waals surface area contributed by atoms with Crippen LogP contribution in [0.3, 0.4) is 0 Å². The predicted octanol–water partition coefficient (Wildman–Crippen LogP) is 1.51. The van der Waals surface area contributed by atoms with Crippen LogP contribution in [0.25, 0.3) is 0 Å². The molecule has 0 saturated carbocycles. The Labute approximate surface area is 98.8 Å². The summed E-state index contributed by atoms with van der Waals surface area (Å²) in [5, 5.41) is 9.58. The van der Waals surface area contributed by atoms with E-state index in [-0.39, 0.29) is 12.0 Å². The minimum Gasteiger partial charge on any atom is -0.396 e. The van der Waals surface area contributed by atoms with Crippen molar-refractivity contribution < 1.29 is 9.84 Å². The lowest BCUT2D eigenvalue weighted by Crippen LogP contribution is -2.48. The summed E-state index contributed by atoms with van der Waals surface area (Å²) >= 11 is 0. The number of piperidine rings is 1. The van der Waals surface area contributed by atoms with Crippen LogP contribution in [0.1, 0.15) is 33.1 Å². The number of nitrogens with zero attached hydrogens (tertiary/aromatic N) is 1. The molecule has 2 rings (SSSR count). The number of aliphatic hydroxyl groups is 1. The smallest absolute Gasteiger partial charge is 0.0557 e. The predicted molar refractivity (Wildman–Crippen MR) is 64.4 cm³/mol. The van der Waals surface area contributed by atoms with Gasteiger partial charge < -0.3 is 9.84 Å². The van der Waals surface area contributed by atoms with Crippen LogP contribution in [-0.4, -0.2) is 49.0 Å². The van der Waals surface area contributed by atoms with Gasteiger partial charge in [-0.05, 0) is 38.6 Å². The zero-order valence-corrected chi connectivity index (χ0v) is 10.6. The molecule has 2 fully saturated rings. The van der Waals surface area contributed by atoms with Crippen molar-refractivity contribution in [2.75, 3.05) is 32.9 Å². The van der Waals surface area contributed by atoms with Crippen LogP contribution in [0, 0.1) is 11.3 Å². The molecule has 1 N–H and O–H groups in total. The maximum absolute atomic E-state index is 9.58. The molecule has 94 valence electrons. The number of hydrogen-bond donors (Lipinski definition) is 1. The highest BCUT2D eigenvalue weighted by atomic mass is 16.5. The van der Waals surface area contributed by atoms with Gasteiger partial charge in [-0.15, -0.1) is 0 Å². The summed E-state index contributed by atoms with van der Waals surface area (Å²) in [4.78, 5) is 2.55. The molecule has 3 nitrogen and oxygen atoms in total. The Bertz CT molecular complexity index is 226. The fraction of sp³-hybridized carbons (Fsp3) is 1.00. The fourth-order valence-electron chi connectivity index (χ4n) is 3.07. The van der Waals surface area contributed by atoms with Crippen LogP contribution < -0.4 is 0 Å². The van der Waals surface area contributed by atoms with Crippen molar-refractivity contribution in [1.82, 2.24) is 4.90 Å². The summed E-state index contributed by atoms with van der Waals surface area (Å²) in [6, 6.07) is 0.660. The number of aliphatic hydroxyl groups excluding tert-OH is 1. The standard InChI is InChI=1S/C13H25NO2/c1-11-3-5-14(12(2)7-11)8-13(9-15)4-6-16-10-13/h11-12,15H,3-10H2,1-2H3. The van der Waals surface area contributed by atoms with E-state index in [2.05, 4.69) is 18.7 Å². The molecular weight excluding hydrogens is 202 g/mol. The molecule has 16 heavy (non-hydrogen) atoms. The second-order valence-corrected chi connectivity index (χ2v) is 5.91. The second kappa shape index (κ2) is 5.03.